The van der Waals surface area contributed by atoms with Gasteiger partial charge in [-0.25, -0.2) is 4.98 Å². The lowest BCUT2D eigenvalue weighted by Gasteiger charge is -2.24. The van der Waals surface area contributed by atoms with Gasteiger partial charge in [0.25, 0.3) is 0 Å². The van der Waals surface area contributed by atoms with E-state index in [1.54, 1.807) is 0 Å². The van der Waals surface area contributed by atoms with Crippen molar-refractivity contribution in [1.29, 1.82) is 0 Å². The number of carbonyl (C=O) groups is 1. The largest absolute Gasteiger partial charge is 0.493 e. The second kappa shape index (κ2) is 11.2. The molecule has 0 saturated heterocycles. The summed E-state index contributed by atoms with van der Waals surface area (Å²) in [5.41, 5.74) is 2.86. The monoisotopic (exact) mass is 451 g/mol. The van der Waals surface area contributed by atoms with E-state index >= 15 is 0 Å². The van der Waals surface area contributed by atoms with Gasteiger partial charge in [-0.2, -0.15) is 0 Å². The number of aryl methyl sites for hydroxylation is 2. The van der Waals surface area contributed by atoms with E-state index in [0.29, 0.717) is 25.3 Å². The number of aromatic nitrogens is 1. The van der Waals surface area contributed by atoms with E-state index in [1.807, 2.05) is 25.1 Å². The molecule has 0 unspecified atom stereocenters. The van der Waals surface area contributed by atoms with Crippen LogP contribution in [0.5, 0.6) is 11.5 Å². The van der Waals surface area contributed by atoms with E-state index in [9.17, 15) is 4.79 Å². The highest BCUT2D eigenvalue weighted by atomic mass is 16.5. The van der Waals surface area contributed by atoms with Crippen LogP contribution in [0.15, 0.2) is 40.8 Å². The maximum absolute atomic E-state index is 11.1. The van der Waals surface area contributed by atoms with Crippen LogP contribution in [0.1, 0.15) is 74.3 Å². The van der Waals surface area contributed by atoms with Gasteiger partial charge in [-0.3, -0.25) is 4.79 Å². The van der Waals surface area contributed by atoms with Crippen molar-refractivity contribution in [3.63, 3.8) is 0 Å². The molecule has 1 saturated carbocycles. The van der Waals surface area contributed by atoms with Crippen molar-refractivity contribution in [1.82, 2.24) is 4.98 Å². The molecule has 176 valence electrons. The van der Waals surface area contributed by atoms with Crippen molar-refractivity contribution in [2.24, 2.45) is 0 Å². The molecule has 0 spiro atoms. The van der Waals surface area contributed by atoms with Crippen molar-refractivity contribution < 1.29 is 23.8 Å². The number of carboxylic acids is 1. The van der Waals surface area contributed by atoms with Gasteiger partial charge < -0.3 is 19.0 Å². The topological polar surface area (TPSA) is 81.8 Å². The zero-order valence-corrected chi connectivity index (χ0v) is 19.3. The van der Waals surface area contributed by atoms with Crippen LogP contribution in [0.3, 0.4) is 0 Å². The number of ether oxygens (including phenoxy) is 2. The maximum atomic E-state index is 11.1. The Morgan fingerprint density at radius 1 is 1.18 bits per heavy atom. The molecule has 6 nitrogen and oxygen atoms in total. The molecule has 2 aliphatic carbocycles. The Balaban J connectivity index is 1.39. The van der Waals surface area contributed by atoms with E-state index in [1.165, 1.54) is 19.3 Å². The molecule has 0 bridgehead atoms. The number of carboxylic acid groups (broad SMARTS) is 1. The number of benzene rings is 1. The fraction of sp³-hybridized carbons (Fsp3) is 0.481. The minimum absolute atomic E-state index is 0.0840. The highest BCUT2D eigenvalue weighted by Gasteiger charge is 2.18. The molecule has 0 aliphatic heterocycles. The fourth-order valence-electron chi connectivity index (χ4n) is 4.37. The minimum atomic E-state index is -0.805. The van der Waals surface area contributed by atoms with Gasteiger partial charge in [0.2, 0.25) is 5.89 Å². The molecule has 0 amide bonds. The van der Waals surface area contributed by atoms with Crippen molar-refractivity contribution in [3.8, 4) is 11.5 Å². The molecule has 2 aliphatic rings. The van der Waals surface area contributed by atoms with Crippen LogP contribution in [0.2, 0.25) is 0 Å². The Morgan fingerprint density at radius 2 is 2.03 bits per heavy atom. The molecule has 33 heavy (non-hydrogen) atoms. The van der Waals surface area contributed by atoms with Crippen LogP contribution in [0.4, 0.5) is 0 Å². The van der Waals surface area contributed by atoms with Crippen LogP contribution in [0, 0.1) is 6.92 Å². The molecule has 1 aromatic carbocycles. The average Bonchev–Trinajstić information content (AvgIpc) is 3.20. The first-order valence-electron chi connectivity index (χ1n) is 12.1. The lowest BCUT2D eigenvalue weighted by atomic mass is 9.97. The van der Waals surface area contributed by atoms with Gasteiger partial charge in [0.1, 0.15) is 17.3 Å². The van der Waals surface area contributed by atoms with E-state index in [-0.39, 0.29) is 12.5 Å². The molecule has 6 heteroatoms. The number of nitrogens with zero attached hydrogens (tertiary/aromatic N) is 1. The Labute approximate surface area is 195 Å². The lowest BCUT2D eigenvalue weighted by Crippen LogP contribution is -2.20. The summed E-state index contributed by atoms with van der Waals surface area (Å²) in [7, 11) is 0. The Kier molecular flexibility index (Phi) is 7.87. The summed E-state index contributed by atoms with van der Waals surface area (Å²) in [6.07, 6.45) is 15.5. The van der Waals surface area contributed by atoms with Crippen molar-refractivity contribution in [2.45, 2.75) is 77.2 Å². The Bertz CT molecular complexity index is 1010. The SMILES string of the molecule is Cc1oc(C2=CCCC=C2)nc1CCOc1ccc(CCC(=O)O)c(OC2CCCCC2)c1. The Hall–Kier alpha value is -3.02. The predicted molar refractivity (Wildman–Crippen MR) is 127 cm³/mol. The highest BCUT2D eigenvalue weighted by molar-refractivity contribution is 5.69. The summed E-state index contributed by atoms with van der Waals surface area (Å²) in [5.74, 6) is 2.15. The quantitative estimate of drug-likeness (QED) is 0.472. The predicted octanol–water partition coefficient (Wildman–Crippen LogP) is 6.07. The second-order valence-corrected chi connectivity index (χ2v) is 8.80. The summed E-state index contributed by atoms with van der Waals surface area (Å²) in [4.78, 5) is 15.7. The number of allylic oxidation sites excluding steroid dienone is 4. The zero-order valence-electron chi connectivity index (χ0n) is 19.3. The van der Waals surface area contributed by atoms with Crippen molar-refractivity contribution in [3.05, 3.63) is 59.3 Å². The summed E-state index contributed by atoms with van der Waals surface area (Å²) >= 11 is 0. The smallest absolute Gasteiger partial charge is 0.303 e. The minimum Gasteiger partial charge on any atom is -0.493 e. The number of hydrogen-bond acceptors (Lipinski definition) is 5. The lowest BCUT2D eigenvalue weighted by molar-refractivity contribution is -0.136. The van der Waals surface area contributed by atoms with Crippen LogP contribution in [0.25, 0.3) is 5.57 Å². The van der Waals surface area contributed by atoms with Gasteiger partial charge in [-0.15, -0.1) is 0 Å². The number of hydrogen-bond donors (Lipinski definition) is 1. The average molecular weight is 452 g/mol. The molecular weight excluding hydrogens is 418 g/mol. The van der Waals surface area contributed by atoms with E-state index in [0.717, 1.165) is 59.8 Å². The first kappa shape index (κ1) is 23.1. The zero-order chi connectivity index (χ0) is 23.0. The standard InChI is InChI=1S/C27H33NO5/c1-19-24(28-27(32-19)21-8-4-2-5-9-21)16-17-31-23-14-12-20(13-15-26(29)30)25(18-23)33-22-10-6-3-7-11-22/h4,8-9,12,14,18,22H,2-3,5-7,10-11,13,15-17H2,1H3,(H,29,30). The van der Waals surface area contributed by atoms with Gasteiger partial charge in [-0.1, -0.05) is 30.7 Å². The normalized spacial score (nSPS) is 16.5. The molecule has 0 atom stereocenters. The summed E-state index contributed by atoms with van der Waals surface area (Å²) in [6.45, 7) is 2.41. The van der Waals surface area contributed by atoms with E-state index in [4.69, 9.17) is 19.0 Å². The summed E-state index contributed by atoms with van der Waals surface area (Å²) in [6, 6.07) is 5.73. The van der Waals surface area contributed by atoms with Gasteiger partial charge in [0.05, 0.1) is 18.4 Å². The van der Waals surface area contributed by atoms with Gasteiger partial charge in [0, 0.05) is 24.5 Å². The first-order chi connectivity index (χ1) is 16.1. The number of oxazole rings is 1. The molecule has 2 aromatic rings. The molecule has 1 N–H and O–H groups in total. The first-order valence-corrected chi connectivity index (χ1v) is 12.1. The Morgan fingerprint density at radius 3 is 2.79 bits per heavy atom. The highest BCUT2D eigenvalue weighted by Crippen LogP contribution is 2.31. The van der Waals surface area contributed by atoms with Gasteiger partial charge >= 0.3 is 5.97 Å². The fourth-order valence-corrected chi connectivity index (χ4v) is 4.37. The molecule has 4 rings (SSSR count). The third-order valence-corrected chi connectivity index (χ3v) is 6.23. The second-order valence-electron chi connectivity index (χ2n) is 8.80. The molecule has 1 aromatic heterocycles. The third-order valence-electron chi connectivity index (χ3n) is 6.23. The van der Waals surface area contributed by atoms with Crippen LogP contribution < -0.4 is 9.47 Å². The van der Waals surface area contributed by atoms with Gasteiger partial charge in [-0.05, 0) is 63.5 Å². The molecule has 1 heterocycles. The summed E-state index contributed by atoms with van der Waals surface area (Å²) < 4.78 is 18.2. The van der Waals surface area contributed by atoms with E-state index in [2.05, 4.69) is 23.2 Å². The van der Waals surface area contributed by atoms with Crippen LogP contribution in [-0.4, -0.2) is 28.8 Å². The van der Waals surface area contributed by atoms with Crippen molar-refractivity contribution in [2.75, 3.05) is 6.61 Å². The third kappa shape index (κ3) is 6.50. The maximum Gasteiger partial charge on any atom is 0.303 e. The molecular formula is C27H33NO5. The number of rotatable bonds is 10. The molecule has 1 fully saturated rings. The summed E-state index contributed by atoms with van der Waals surface area (Å²) in [5, 5.41) is 9.09. The van der Waals surface area contributed by atoms with Crippen LogP contribution >= 0.6 is 0 Å². The van der Waals surface area contributed by atoms with Gasteiger partial charge in [0.15, 0.2) is 0 Å². The number of aliphatic carboxylic acids is 1. The van der Waals surface area contributed by atoms with Crippen LogP contribution in [-0.2, 0) is 17.6 Å². The van der Waals surface area contributed by atoms with Crippen molar-refractivity contribution >= 4 is 11.5 Å². The van der Waals surface area contributed by atoms with E-state index < -0.39 is 5.97 Å². The molecule has 0 radical (unpaired) electrons.